The molecule has 0 spiro atoms. The molecule has 0 saturated heterocycles. The summed E-state index contributed by atoms with van der Waals surface area (Å²) in [5.74, 6) is -0.340. The zero-order valence-electron chi connectivity index (χ0n) is 8.17. The van der Waals surface area contributed by atoms with Crippen molar-refractivity contribution in [1.82, 2.24) is 0 Å². The molecule has 1 rings (SSSR count). The number of carbonyl (C=O) groups is 1. The molecule has 0 radical (unpaired) electrons. The second-order valence-electron chi connectivity index (χ2n) is 2.72. The lowest BCUT2D eigenvalue weighted by molar-refractivity contribution is -0.136. The van der Waals surface area contributed by atoms with E-state index in [1.807, 2.05) is 30.3 Å². The highest BCUT2D eigenvalue weighted by Gasteiger charge is 2.15. The number of hydrogen-bond donors (Lipinski definition) is 0. The summed E-state index contributed by atoms with van der Waals surface area (Å²) in [5, 5.41) is 0. The van der Waals surface area contributed by atoms with Crippen LogP contribution in [-0.4, -0.2) is 12.6 Å². The van der Waals surface area contributed by atoms with Crippen LogP contribution in [0.1, 0.15) is 12.5 Å². The predicted molar refractivity (Wildman–Crippen MR) is 67.8 cm³/mol. The topological polar surface area (TPSA) is 26.3 Å². The minimum absolute atomic E-state index is 0.340. The van der Waals surface area contributed by atoms with Gasteiger partial charge < -0.3 is 4.74 Å². The van der Waals surface area contributed by atoms with Crippen LogP contribution < -0.4 is 0 Å². The molecule has 0 aliphatic heterocycles. The van der Waals surface area contributed by atoms with E-state index in [1.165, 1.54) is 0 Å². The van der Waals surface area contributed by atoms with Gasteiger partial charge >= 0.3 is 5.97 Å². The Hall–Kier alpha value is -0.610. The highest BCUT2D eigenvalue weighted by molar-refractivity contribution is 9.28. The molecule has 0 atom stereocenters. The normalized spacial score (nSPS) is 9.53. The molecule has 0 unspecified atom stereocenters. The first-order valence-electron chi connectivity index (χ1n) is 4.44. The van der Waals surface area contributed by atoms with E-state index < -0.39 is 0 Å². The summed E-state index contributed by atoms with van der Waals surface area (Å²) < 4.78 is 5.56. The van der Waals surface area contributed by atoms with Crippen LogP contribution in [0.4, 0.5) is 0 Å². The van der Waals surface area contributed by atoms with E-state index in [4.69, 9.17) is 4.74 Å². The van der Waals surface area contributed by atoms with Crippen molar-refractivity contribution in [3.63, 3.8) is 0 Å². The van der Waals surface area contributed by atoms with Gasteiger partial charge in [-0.3, -0.25) is 0 Å². The van der Waals surface area contributed by atoms with Crippen LogP contribution in [0.25, 0.3) is 5.57 Å². The van der Waals surface area contributed by atoms with Crippen molar-refractivity contribution in [3.05, 3.63) is 39.3 Å². The molecule has 0 aromatic heterocycles. The van der Waals surface area contributed by atoms with Crippen LogP contribution in [0.5, 0.6) is 0 Å². The maximum Gasteiger partial charge on any atom is 0.340 e. The average molecular weight is 334 g/mol. The molecule has 1 aromatic rings. The van der Waals surface area contributed by atoms with E-state index in [0.717, 1.165) is 5.56 Å². The van der Waals surface area contributed by atoms with Crippen molar-refractivity contribution in [2.24, 2.45) is 0 Å². The average Bonchev–Trinajstić information content (AvgIpc) is 2.19. The molecule has 2 nitrogen and oxygen atoms in total. The molecular weight excluding hydrogens is 324 g/mol. The summed E-state index contributed by atoms with van der Waals surface area (Å²) in [7, 11) is 0. The van der Waals surface area contributed by atoms with Gasteiger partial charge in [0.15, 0.2) is 0 Å². The van der Waals surface area contributed by atoms with Gasteiger partial charge in [0.25, 0.3) is 0 Å². The van der Waals surface area contributed by atoms with Crippen LogP contribution in [0.2, 0.25) is 0 Å². The number of rotatable bonds is 3. The van der Waals surface area contributed by atoms with Gasteiger partial charge in [0.05, 0.1) is 15.6 Å². The third-order valence-electron chi connectivity index (χ3n) is 1.73. The highest BCUT2D eigenvalue weighted by Crippen LogP contribution is 2.28. The maximum atomic E-state index is 11.6. The van der Waals surface area contributed by atoms with Gasteiger partial charge in [0, 0.05) is 0 Å². The van der Waals surface area contributed by atoms with Crippen LogP contribution in [0.15, 0.2) is 33.7 Å². The van der Waals surface area contributed by atoms with Gasteiger partial charge in [-0.15, -0.1) is 0 Å². The summed E-state index contributed by atoms with van der Waals surface area (Å²) >= 11 is 6.49. The first-order chi connectivity index (χ1) is 7.16. The van der Waals surface area contributed by atoms with Gasteiger partial charge in [-0.25, -0.2) is 4.79 Å². The Labute approximate surface area is 106 Å². The largest absolute Gasteiger partial charge is 0.462 e. The Morgan fingerprint density at radius 1 is 1.27 bits per heavy atom. The van der Waals surface area contributed by atoms with E-state index in [2.05, 4.69) is 31.9 Å². The minimum Gasteiger partial charge on any atom is -0.462 e. The number of ether oxygens (including phenoxy) is 1. The van der Waals surface area contributed by atoms with Crippen molar-refractivity contribution >= 4 is 43.4 Å². The summed E-state index contributed by atoms with van der Waals surface area (Å²) in [5.41, 5.74) is 1.32. The molecule has 80 valence electrons. The SMILES string of the molecule is CCOC(=O)C(=C(Br)Br)c1ccccc1. The van der Waals surface area contributed by atoms with Gasteiger partial charge in [-0.05, 0) is 44.3 Å². The lowest BCUT2D eigenvalue weighted by Crippen LogP contribution is -2.07. The van der Waals surface area contributed by atoms with Gasteiger partial charge in [0.1, 0.15) is 0 Å². The van der Waals surface area contributed by atoms with Gasteiger partial charge in [-0.1, -0.05) is 30.3 Å². The molecule has 0 saturated carbocycles. The number of halogens is 2. The zero-order valence-corrected chi connectivity index (χ0v) is 11.3. The van der Waals surface area contributed by atoms with Crippen LogP contribution in [-0.2, 0) is 9.53 Å². The molecular formula is C11H10Br2O2. The van der Waals surface area contributed by atoms with Crippen molar-refractivity contribution in [1.29, 1.82) is 0 Å². The van der Waals surface area contributed by atoms with Crippen molar-refractivity contribution < 1.29 is 9.53 Å². The molecule has 15 heavy (non-hydrogen) atoms. The summed E-state index contributed by atoms with van der Waals surface area (Å²) in [6.45, 7) is 2.14. The third kappa shape index (κ3) is 3.47. The standard InChI is InChI=1S/C11H10Br2O2/c1-2-15-11(14)9(10(12)13)8-6-4-3-5-7-8/h3-7H,2H2,1H3. The molecule has 1 aromatic carbocycles. The lowest BCUT2D eigenvalue weighted by atomic mass is 10.1. The summed E-state index contributed by atoms with van der Waals surface area (Å²) in [6, 6.07) is 9.35. The quantitative estimate of drug-likeness (QED) is 0.622. The van der Waals surface area contributed by atoms with E-state index in [0.29, 0.717) is 15.6 Å². The molecule has 0 fully saturated rings. The lowest BCUT2D eigenvalue weighted by Gasteiger charge is -2.07. The second kappa shape index (κ2) is 6.08. The Morgan fingerprint density at radius 3 is 2.33 bits per heavy atom. The van der Waals surface area contributed by atoms with Crippen LogP contribution >= 0.6 is 31.9 Å². The molecule has 4 heteroatoms. The van der Waals surface area contributed by atoms with Crippen molar-refractivity contribution in [3.8, 4) is 0 Å². The Bertz CT molecular complexity index is 367. The molecule has 0 N–H and O–H groups in total. The summed E-state index contributed by atoms with van der Waals surface area (Å²) in [4.78, 5) is 11.6. The smallest absolute Gasteiger partial charge is 0.340 e. The molecule has 0 aliphatic rings. The molecule has 0 amide bonds. The fourth-order valence-electron chi connectivity index (χ4n) is 1.11. The first kappa shape index (κ1) is 12.5. The first-order valence-corrected chi connectivity index (χ1v) is 6.03. The molecule has 0 aliphatic carbocycles. The number of benzene rings is 1. The monoisotopic (exact) mass is 332 g/mol. The predicted octanol–water partition coefficient (Wildman–Crippen LogP) is 3.71. The third-order valence-corrected chi connectivity index (χ3v) is 2.52. The van der Waals surface area contributed by atoms with Crippen LogP contribution in [0, 0.1) is 0 Å². The molecule has 0 bridgehead atoms. The van der Waals surface area contributed by atoms with E-state index >= 15 is 0 Å². The number of hydrogen-bond acceptors (Lipinski definition) is 2. The Kier molecular flexibility index (Phi) is 5.05. The maximum absolute atomic E-state index is 11.6. The van der Waals surface area contributed by atoms with E-state index in [9.17, 15) is 4.79 Å². The number of esters is 1. The summed E-state index contributed by atoms with van der Waals surface area (Å²) in [6.07, 6.45) is 0. The van der Waals surface area contributed by atoms with Gasteiger partial charge in [0.2, 0.25) is 0 Å². The zero-order chi connectivity index (χ0) is 11.3. The van der Waals surface area contributed by atoms with Crippen molar-refractivity contribution in [2.45, 2.75) is 6.92 Å². The Balaban J connectivity index is 3.06. The minimum atomic E-state index is -0.340. The van der Waals surface area contributed by atoms with Crippen molar-refractivity contribution in [2.75, 3.05) is 6.61 Å². The Morgan fingerprint density at radius 2 is 1.87 bits per heavy atom. The number of carbonyl (C=O) groups excluding carboxylic acids is 1. The second-order valence-corrected chi connectivity index (χ2v) is 5.37. The van der Waals surface area contributed by atoms with E-state index in [1.54, 1.807) is 6.92 Å². The van der Waals surface area contributed by atoms with E-state index in [-0.39, 0.29) is 5.97 Å². The van der Waals surface area contributed by atoms with Crippen LogP contribution in [0.3, 0.4) is 0 Å². The van der Waals surface area contributed by atoms with Gasteiger partial charge in [-0.2, -0.15) is 0 Å². The highest BCUT2D eigenvalue weighted by atomic mass is 79.9. The molecule has 0 heterocycles. The fraction of sp³-hybridized carbons (Fsp3) is 0.182. The fourth-order valence-corrected chi connectivity index (χ4v) is 1.89.